The number of anilines is 1. The molecule has 36 heavy (non-hydrogen) atoms. The Morgan fingerprint density at radius 3 is 2.67 bits per heavy atom. The molecule has 0 radical (unpaired) electrons. The van der Waals surface area contributed by atoms with Crippen molar-refractivity contribution in [3.05, 3.63) is 52.8 Å². The van der Waals surface area contributed by atoms with E-state index < -0.39 is 24.1 Å². The number of urea groups is 1. The van der Waals surface area contributed by atoms with Gasteiger partial charge in [-0.3, -0.25) is 15.0 Å². The molecule has 1 aliphatic heterocycles. The minimum absolute atomic E-state index is 0.0551. The minimum atomic E-state index is -1.28. The monoisotopic (exact) mass is 525 g/mol. The minimum Gasteiger partial charge on any atom is -0.465 e. The fourth-order valence-electron chi connectivity index (χ4n) is 3.87. The molecule has 1 saturated heterocycles. The van der Waals surface area contributed by atoms with Gasteiger partial charge in [-0.05, 0) is 36.8 Å². The van der Waals surface area contributed by atoms with Crippen LogP contribution >= 0.6 is 22.9 Å². The maximum absolute atomic E-state index is 13.0. The number of primary amides is 1. The van der Waals surface area contributed by atoms with Gasteiger partial charge in [-0.25, -0.2) is 19.6 Å². The van der Waals surface area contributed by atoms with Gasteiger partial charge in [0.15, 0.2) is 5.13 Å². The second-order valence-electron chi connectivity index (χ2n) is 7.98. The average Bonchev–Trinajstić information content (AvgIpc) is 3.26. The van der Waals surface area contributed by atoms with Crippen LogP contribution in [-0.4, -0.2) is 68.6 Å². The summed E-state index contributed by atoms with van der Waals surface area (Å²) >= 11 is 7.39. The maximum Gasteiger partial charge on any atom is 0.408 e. The van der Waals surface area contributed by atoms with Crippen molar-refractivity contribution >= 4 is 46.1 Å². The van der Waals surface area contributed by atoms with Crippen LogP contribution < -0.4 is 11.1 Å². The molecule has 0 saturated carbocycles. The van der Waals surface area contributed by atoms with Crippen molar-refractivity contribution in [2.24, 2.45) is 5.73 Å². The maximum atomic E-state index is 13.0. The zero-order valence-electron chi connectivity index (χ0n) is 18.9. The SMILES string of the molecule is Cc1cc(-c2sc(NC(=O)N3CCN(C(=O)O)[C@H](C(N)=O)C3)nc2-c2cccc(C#N)c2)cc(Cl)n1. The number of amides is 4. The van der Waals surface area contributed by atoms with E-state index in [4.69, 9.17) is 17.3 Å². The van der Waals surface area contributed by atoms with Crippen molar-refractivity contribution in [1.82, 2.24) is 19.8 Å². The normalized spacial score (nSPS) is 15.3. The number of hydrogen-bond acceptors (Lipinski definition) is 7. The van der Waals surface area contributed by atoms with Crippen LogP contribution in [0.3, 0.4) is 0 Å². The smallest absolute Gasteiger partial charge is 0.408 e. The summed E-state index contributed by atoms with van der Waals surface area (Å²) in [5.41, 5.74) is 8.47. The molecule has 0 aliphatic carbocycles. The Morgan fingerprint density at radius 2 is 2.00 bits per heavy atom. The first-order valence-corrected chi connectivity index (χ1v) is 11.9. The topological polar surface area (TPSA) is 166 Å². The van der Waals surface area contributed by atoms with Crippen LogP contribution in [-0.2, 0) is 4.79 Å². The van der Waals surface area contributed by atoms with Crippen LogP contribution in [0.25, 0.3) is 21.7 Å². The highest BCUT2D eigenvalue weighted by Gasteiger charge is 2.36. The zero-order chi connectivity index (χ0) is 26.0. The van der Waals surface area contributed by atoms with Gasteiger partial charge in [0.2, 0.25) is 5.91 Å². The fraction of sp³-hybridized carbons (Fsp3) is 0.217. The number of nitrogens with two attached hydrogens (primary N) is 1. The summed E-state index contributed by atoms with van der Waals surface area (Å²) < 4.78 is 0. The molecule has 3 heterocycles. The van der Waals surface area contributed by atoms with Crippen molar-refractivity contribution in [2.45, 2.75) is 13.0 Å². The predicted molar refractivity (Wildman–Crippen MR) is 134 cm³/mol. The van der Waals surface area contributed by atoms with E-state index >= 15 is 0 Å². The summed E-state index contributed by atoms with van der Waals surface area (Å²) in [6.07, 6.45) is -1.28. The van der Waals surface area contributed by atoms with Gasteiger partial charge in [0, 0.05) is 24.3 Å². The van der Waals surface area contributed by atoms with Crippen LogP contribution in [0.2, 0.25) is 5.15 Å². The van der Waals surface area contributed by atoms with Crippen LogP contribution in [0.15, 0.2) is 36.4 Å². The van der Waals surface area contributed by atoms with Crippen molar-refractivity contribution < 1.29 is 19.5 Å². The molecule has 1 aliphatic rings. The Bertz CT molecular complexity index is 1380. The number of benzene rings is 1. The number of pyridine rings is 1. The van der Waals surface area contributed by atoms with Gasteiger partial charge in [-0.1, -0.05) is 35.1 Å². The Labute approximate surface area is 214 Å². The average molecular weight is 526 g/mol. The van der Waals surface area contributed by atoms with Crippen molar-refractivity contribution in [2.75, 3.05) is 25.0 Å². The number of nitrogens with one attached hydrogen (secondary N) is 1. The lowest BCUT2D eigenvalue weighted by atomic mass is 10.1. The first-order chi connectivity index (χ1) is 17.2. The third-order valence-electron chi connectivity index (χ3n) is 5.53. The molecule has 0 spiro atoms. The molecule has 1 atom stereocenters. The van der Waals surface area contributed by atoms with E-state index in [0.29, 0.717) is 32.5 Å². The number of hydrogen-bond donors (Lipinski definition) is 3. The molecule has 13 heteroatoms. The summed E-state index contributed by atoms with van der Waals surface area (Å²) in [6.45, 7) is 1.65. The van der Waals surface area contributed by atoms with Gasteiger partial charge in [-0.15, -0.1) is 0 Å². The van der Waals surface area contributed by atoms with E-state index in [9.17, 15) is 24.8 Å². The Balaban J connectivity index is 1.67. The Kier molecular flexibility index (Phi) is 7.05. The molecule has 4 rings (SSSR count). The number of aromatic nitrogens is 2. The van der Waals surface area contributed by atoms with Gasteiger partial charge in [0.25, 0.3) is 0 Å². The number of aryl methyl sites for hydroxylation is 1. The van der Waals surface area contributed by atoms with E-state index in [1.807, 2.05) is 12.1 Å². The summed E-state index contributed by atoms with van der Waals surface area (Å²) in [6, 6.07) is 10.9. The van der Waals surface area contributed by atoms with Crippen LogP contribution in [0.4, 0.5) is 14.7 Å². The second kappa shape index (κ2) is 10.2. The molecular formula is C23H20ClN7O4S. The first kappa shape index (κ1) is 24.9. The summed E-state index contributed by atoms with van der Waals surface area (Å²) in [5.74, 6) is -0.837. The van der Waals surface area contributed by atoms with Gasteiger partial charge in [0.05, 0.1) is 28.7 Å². The van der Waals surface area contributed by atoms with Crippen molar-refractivity contribution in [3.8, 4) is 27.8 Å². The molecule has 184 valence electrons. The molecule has 0 bridgehead atoms. The highest BCUT2D eigenvalue weighted by molar-refractivity contribution is 7.19. The molecule has 2 aromatic heterocycles. The molecule has 1 aromatic carbocycles. The molecular weight excluding hydrogens is 506 g/mol. The van der Waals surface area contributed by atoms with Gasteiger partial charge >= 0.3 is 12.1 Å². The quantitative estimate of drug-likeness (QED) is 0.439. The van der Waals surface area contributed by atoms with Gasteiger partial charge < -0.3 is 15.7 Å². The van der Waals surface area contributed by atoms with Crippen LogP contribution in [0.1, 0.15) is 11.3 Å². The number of nitrogens with zero attached hydrogens (tertiary/aromatic N) is 5. The Hall–Kier alpha value is -4.21. The number of nitriles is 1. The van der Waals surface area contributed by atoms with E-state index in [0.717, 1.165) is 10.5 Å². The summed E-state index contributed by atoms with van der Waals surface area (Å²) in [5, 5.41) is 21.9. The fourth-order valence-corrected chi connectivity index (χ4v) is 5.09. The summed E-state index contributed by atoms with van der Waals surface area (Å²) in [4.78, 5) is 47.9. The number of carbonyl (C=O) groups excluding carboxylic acids is 2. The number of carbonyl (C=O) groups is 3. The number of halogens is 1. The van der Waals surface area contributed by atoms with Gasteiger partial charge in [-0.2, -0.15) is 5.26 Å². The molecule has 11 nitrogen and oxygen atoms in total. The van der Waals surface area contributed by atoms with E-state index in [1.165, 1.54) is 16.2 Å². The first-order valence-electron chi connectivity index (χ1n) is 10.7. The summed E-state index contributed by atoms with van der Waals surface area (Å²) in [7, 11) is 0. The standard InChI is InChI=1S/C23H20ClN7O4S/c1-12-7-15(9-17(24)27-12)19-18(14-4-2-3-13(8-14)10-25)28-21(36-19)29-22(33)30-5-6-31(23(34)35)16(11-30)20(26)32/h2-4,7-9,16H,5-6,11H2,1H3,(H2,26,32)(H,34,35)(H,28,29,33)/t16-/m0/s1. The highest BCUT2D eigenvalue weighted by atomic mass is 35.5. The lowest BCUT2D eigenvalue weighted by molar-refractivity contribution is -0.124. The Morgan fingerprint density at radius 1 is 1.22 bits per heavy atom. The molecule has 4 N–H and O–H groups in total. The van der Waals surface area contributed by atoms with Crippen molar-refractivity contribution in [3.63, 3.8) is 0 Å². The second-order valence-corrected chi connectivity index (χ2v) is 9.37. The molecule has 3 aromatic rings. The lowest BCUT2D eigenvalue weighted by Gasteiger charge is -2.37. The lowest BCUT2D eigenvalue weighted by Crippen LogP contribution is -2.61. The van der Waals surface area contributed by atoms with E-state index in [2.05, 4.69) is 21.4 Å². The van der Waals surface area contributed by atoms with Crippen molar-refractivity contribution in [1.29, 1.82) is 5.26 Å². The zero-order valence-corrected chi connectivity index (χ0v) is 20.5. The number of thiazole rings is 1. The molecule has 0 unspecified atom stereocenters. The largest absolute Gasteiger partial charge is 0.465 e. The predicted octanol–water partition coefficient (Wildman–Crippen LogP) is 3.39. The van der Waals surface area contributed by atoms with Crippen LogP contribution in [0, 0.1) is 18.3 Å². The molecule has 1 fully saturated rings. The number of piperazine rings is 1. The third-order valence-corrected chi connectivity index (χ3v) is 6.75. The van der Waals surface area contributed by atoms with E-state index in [1.54, 1.807) is 31.2 Å². The highest BCUT2D eigenvalue weighted by Crippen LogP contribution is 2.40. The van der Waals surface area contributed by atoms with E-state index in [-0.39, 0.29) is 24.8 Å². The number of rotatable bonds is 4. The number of carboxylic acid groups (broad SMARTS) is 1. The van der Waals surface area contributed by atoms with Crippen LogP contribution in [0.5, 0.6) is 0 Å². The van der Waals surface area contributed by atoms with Gasteiger partial charge in [0.1, 0.15) is 11.2 Å². The third kappa shape index (κ3) is 5.22. The molecule has 4 amide bonds.